The summed E-state index contributed by atoms with van der Waals surface area (Å²) in [6.45, 7) is 12.1. The van der Waals surface area contributed by atoms with E-state index in [-0.39, 0.29) is 12.4 Å². The minimum atomic E-state index is 0. The van der Waals surface area contributed by atoms with E-state index in [0.717, 1.165) is 5.92 Å². The van der Waals surface area contributed by atoms with Crippen molar-refractivity contribution in [3.05, 3.63) is 0 Å². The van der Waals surface area contributed by atoms with Crippen LogP contribution in [0.1, 0.15) is 46.5 Å². The van der Waals surface area contributed by atoms with E-state index < -0.39 is 0 Å². The smallest absolute Gasteiger partial charge is 0.00137 e. The van der Waals surface area contributed by atoms with Crippen LogP contribution in [0.4, 0.5) is 0 Å². The highest BCUT2D eigenvalue weighted by Gasteiger charge is 2.20. The highest BCUT2D eigenvalue weighted by molar-refractivity contribution is 5.85. The molecule has 0 aliphatic carbocycles. The zero-order chi connectivity index (χ0) is 12.0. The van der Waals surface area contributed by atoms with Gasteiger partial charge in [0.05, 0.1) is 0 Å². The van der Waals surface area contributed by atoms with Gasteiger partial charge in [-0.25, -0.2) is 0 Å². The molecule has 1 aliphatic rings. The first-order valence-corrected chi connectivity index (χ1v) is 6.88. The molecular weight excluding hydrogens is 232 g/mol. The van der Waals surface area contributed by atoms with Gasteiger partial charge < -0.3 is 10.2 Å². The van der Waals surface area contributed by atoms with Gasteiger partial charge in [-0.05, 0) is 70.2 Å². The van der Waals surface area contributed by atoms with Crippen LogP contribution in [-0.4, -0.2) is 38.1 Å². The van der Waals surface area contributed by atoms with Crippen LogP contribution in [0.3, 0.4) is 0 Å². The molecule has 17 heavy (non-hydrogen) atoms. The maximum absolute atomic E-state index is 3.26. The van der Waals surface area contributed by atoms with Gasteiger partial charge in [-0.3, -0.25) is 0 Å². The van der Waals surface area contributed by atoms with Crippen molar-refractivity contribution >= 4 is 12.4 Å². The minimum absolute atomic E-state index is 0. The number of piperidine rings is 1. The van der Waals surface area contributed by atoms with Crippen molar-refractivity contribution < 1.29 is 0 Å². The largest absolute Gasteiger partial charge is 0.320 e. The maximum Gasteiger partial charge on any atom is -0.00137 e. The second-order valence-electron chi connectivity index (χ2n) is 6.49. The summed E-state index contributed by atoms with van der Waals surface area (Å²) in [7, 11) is 2.05. The summed E-state index contributed by atoms with van der Waals surface area (Å²) >= 11 is 0. The fourth-order valence-electron chi connectivity index (χ4n) is 2.34. The Morgan fingerprint density at radius 3 is 2.24 bits per heavy atom. The zero-order valence-electron chi connectivity index (χ0n) is 12.1. The van der Waals surface area contributed by atoms with Crippen LogP contribution in [0.5, 0.6) is 0 Å². The maximum atomic E-state index is 3.26. The van der Waals surface area contributed by atoms with E-state index in [1.54, 1.807) is 0 Å². The van der Waals surface area contributed by atoms with Crippen LogP contribution in [0, 0.1) is 11.3 Å². The Bertz CT molecular complexity index is 181. The standard InChI is InChI=1S/C14H30N2.ClH/c1-14(2,3)8-12-16-10-6-13(7-11-16)5-9-15-4;/h13,15H,5-12H2,1-4H3;1H. The molecular formula is C14H31ClN2. The summed E-state index contributed by atoms with van der Waals surface area (Å²) in [4.78, 5) is 2.65. The molecule has 0 aromatic heterocycles. The molecule has 1 rings (SSSR count). The molecule has 1 aliphatic heterocycles. The quantitative estimate of drug-likeness (QED) is 0.819. The molecule has 1 saturated heterocycles. The average Bonchev–Trinajstić information content (AvgIpc) is 2.24. The fourth-order valence-corrected chi connectivity index (χ4v) is 2.34. The lowest BCUT2D eigenvalue weighted by atomic mass is 9.90. The van der Waals surface area contributed by atoms with Gasteiger partial charge >= 0.3 is 0 Å². The van der Waals surface area contributed by atoms with Crippen molar-refractivity contribution in [2.45, 2.75) is 46.5 Å². The van der Waals surface area contributed by atoms with Crippen LogP contribution in [0.2, 0.25) is 0 Å². The second kappa shape index (κ2) is 8.34. The molecule has 104 valence electrons. The SMILES string of the molecule is CNCCC1CCN(CCC(C)(C)C)CC1.Cl. The third-order valence-electron chi connectivity index (χ3n) is 3.69. The van der Waals surface area contributed by atoms with Crippen molar-refractivity contribution in [1.82, 2.24) is 10.2 Å². The molecule has 0 bridgehead atoms. The number of hydrogen-bond donors (Lipinski definition) is 1. The Balaban J connectivity index is 0.00000256. The van der Waals surface area contributed by atoms with Crippen LogP contribution in [-0.2, 0) is 0 Å². The van der Waals surface area contributed by atoms with Gasteiger partial charge in [0.25, 0.3) is 0 Å². The molecule has 0 unspecified atom stereocenters. The van der Waals surface area contributed by atoms with E-state index in [9.17, 15) is 0 Å². The van der Waals surface area contributed by atoms with Crippen LogP contribution in [0.25, 0.3) is 0 Å². The normalized spacial score (nSPS) is 19.1. The van der Waals surface area contributed by atoms with Crippen LogP contribution >= 0.6 is 12.4 Å². The van der Waals surface area contributed by atoms with Gasteiger partial charge in [0, 0.05) is 0 Å². The lowest BCUT2D eigenvalue weighted by Gasteiger charge is -2.33. The van der Waals surface area contributed by atoms with E-state index in [1.807, 2.05) is 0 Å². The van der Waals surface area contributed by atoms with Gasteiger partial charge in [-0.2, -0.15) is 0 Å². The van der Waals surface area contributed by atoms with E-state index in [2.05, 4.69) is 38.0 Å². The van der Waals surface area contributed by atoms with Gasteiger partial charge in [0.15, 0.2) is 0 Å². The summed E-state index contributed by atoms with van der Waals surface area (Å²) in [5.74, 6) is 0.971. The molecule has 0 aromatic rings. The van der Waals surface area contributed by atoms with E-state index in [1.165, 1.54) is 51.9 Å². The third-order valence-corrected chi connectivity index (χ3v) is 3.69. The lowest BCUT2D eigenvalue weighted by molar-refractivity contribution is 0.159. The first-order chi connectivity index (χ1) is 7.51. The second-order valence-corrected chi connectivity index (χ2v) is 6.49. The Kier molecular flexibility index (Phi) is 8.44. The predicted molar refractivity (Wildman–Crippen MR) is 79.0 cm³/mol. The summed E-state index contributed by atoms with van der Waals surface area (Å²) in [5, 5.41) is 3.26. The molecule has 1 heterocycles. The van der Waals surface area contributed by atoms with Crippen molar-refractivity contribution in [2.75, 3.05) is 33.2 Å². The molecule has 2 nitrogen and oxygen atoms in total. The molecule has 0 atom stereocenters. The first-order valence-electron chi connectivity index (χ1n) is 6.88. The fraction of sp³-hybridized carbons (Fsp3) is 1.00. The van der Waals surface area contributed by atoms with Crippen molar-refractivity contribution in [2.24, 2.45) is 11.3 Å². The number of nitrogens with one attached hydrogen (secondary N) is 1. The van der Waals surface area contributed by atoms with Crippen molar-refractivity contribution in [1.29, 1.82) is 0 Å². The molecule has 0 aromatic carbocycles. The molecule has 0 spiro atoms. The summed E-state index contributed by atoms with van der Waals surface area (Å²) < 4.78 is 0. The Hall–Kier alpha value is 0.210. The van der Waals surface area contributed by atoms with Gasteiger partial charge in [0.1, 0.15) is 0 Å². The Morgan fingerprint density at radius 1 is 1.18 bits per heavy atom. The predicted octanol–water partition coefficient (Wildman–Crippen LogP) is 3.17. The third kappa shape index (κ3) is 8.01. The van der Waals surface area contributed by atoms with E-state index in [4.69, 9.17) is 0 Å². The summed E-state index contributed by atoms with van der Waals surface area (Å²) in [5.41, 5.74) is 0.489. The number of likely N-dealkylation sites (tertiary alicyclic amines) is 1. The minimum Gasteiger partial charge on any atom is -0.320 e. The number of nitrogens with zero attached hydrogens (tertiary/aromatic N) is 1. The highest BCUT2D eigenvalue weighted by atomic mass is 35.5. The molecule has 3 heteroatoms. The van der Waals surface area contributed by atoms with Crippen molar-refractivity contribution in [3.8, 4) is 0 Å². The molecule has 0 saturated carbocycles. The summed E-state index contributed by atoms with van der Waals surface area (Å²) in [6, 6.07) is 0. The molecule has 0 radical (unpaired) electrons. The van der Waals surface area contributed by atoms with Gasteiger partial charge in [-0.15, -0.1) is 12.4 Å². The van der Waals surface area contributed by atoms with Gasteiger partial charge in [-0.1, -0.05) is 20.8 Å². The molecule has 1 fully saturated rings. The number of hydrogen-bond acceptors (Lipinski definition) is 2. The molecule has 1 N–H and O–H groups in total. The Morgan fingerprint density at radius 2 is 1.76 bits per heavy atom. The highest BCUT2D eigenvalue weighted by Crippen LogP contribution is 2.23. The number of rotatable bonds is 5. The first kappa shape index (κ1) is 17.2. The van der Waals surface area contributed by atoms with Crippen molar-refractivity contribution in [3.63, 3.8) is 0 Å². The summed E-state index contributed by atoms with van der Waals surface area (Å²) in [6.07, 6.45) is 5.51. The van der Waals surface area contributed by atoms with Gasteiger partial charge in [0.2, 0.25) is 0 Å². The monoisotopic (exact) mass is 262 g/mol. The zero-order valence-corrected chi connectivity index (χ0v) is 12.9. The lowest BCUT2D eigenvalue weighted by Crippen LogP contribution is -2.36. The van der Waals surface area contributed by atoms with E-state index in [0.29, 0.717) is 5.41 Å². The topological polar surface area (TPSA) is 15.3 Å². The molecule has 0 amide bonds. The van der Waals surface area contributed by atoms with E-state index >= 15 is 0 Å². The Labute approximate surface area is 114 Å². The average molecular weight is 263 g/mol. The van der Waals surface area contributed by atoms with Crippen LogP contribution in [0.15, 0.2) is 0 Å². The number of halogens is 1. The van der Waals surface area contributed by atoms with Crippen LogP contribution < -0.4 is 5.32 Å².